The van der Waals surface area contributed by atoms with Crippen molar-refractivity contribution in [2.75, 3.05) is 11.4 Å². The average Bonchev–Trinajstić information content (AvgIpc) is 3.05. The molecule has 3 aromatic carbocycles. The van der Waals surface area contributed by atoms with Gasteiger partial charge in [-0.05, 0) is 55.2 Å². The first kappa shape index (κ1) is 20.6. The molecule has 0 aromatic heterocycles. The fraction of sp³-hybridized carbons (Fsp3) is 0.185. The van der Waals surface area contributed by atoms with Gasteiger partial charge in [0.15, 0.2) is 0 Å². The molecule has 0 atom stereocenters. The standard InChI is InChI=1S/C27H26N2O2/c1-4-28(18-21-11-7-5-8-12-21)25-24(22-13-9-6-10-14-22)26(30)29(27(25)31)23-16-15-19(2)20(3)17-23/h5-17H,4,18H2,1-3H3. The summed E-state index contributed by atoms with van der Waals surface area (Å²) in [7, 11) is 0. The molecule has 31 heavy (non-hydrogen) atoms. The first-order valence-electron chi connectivity index (χ1n) is 10.6. The number of hydrogen-bond acceptors (Lipinski definition) is 3. The van der Waals surface area contributed by atoms with Crippen molar-refractivity contribution in [1.82, 2.24) is 4.90 Å². The van der Waals surface area contributed by atoms with Crippen molar-refractivity contribution in [1.29, 1.82) is 0 Å². The number of carbonyl (C=O) groups excluding carboxylic acids is 2. The first-order valence-corrected chi connectivity index (χ1v) is 10.6. The third kappa shape index (κ3) is 3.89. The predicted molar refractivity (Wildman–Crippen MR) is 124 cm³/mol. The molecule has 4 nitrogen and oxygen atoms in total. The zero-order chi connectivity index (χ0) is 22.0. The maximum absolute atomic E-state index is 13.7. The average molecular weight is 411 g/mol. The van der Waals surface area contributed by atoms with Crippen molar-refractivity contribution < 1.29 is 9.59 Å². The molecule has 3 aromatic rings. The second-order valence-electron chi connectivity index (χ2n) is 7.80. The van der Waals surface area contributed by atoms with Crippen molar-refractivity contribution in [3.8, 4) is 0 Å². The number of aryl methyl sites for hydroxylation is 2. The van der Waals surface area contributed by atoms with Crippen molar-refractivity contribution in [2.24, 2.45) is 0 Å². The zero-order valence-electron chi connectivity index (χ0n) is 18.1. The number of rotatable bonds is 6. The van der Waals surface area contributed by atoms with Gasteiger partial charge in [0.2, 0.25) is 0 Å². The Kier molecular flexibility index (Phi) is 5.72. The molecule has 0 saturated carbocycles. The SMILES string of the molecule is CCN(Cc1ccccc1)C1=C(c2ccccc2)C(=O)N(c2ccc(C)c(C)c2)C1=O. The highest BCUT2D eigenvalue weighted by Gasteiger charge is 2.42. The molecule has 0 saturated heterocycles. The molecular weight excluding hydrogens is 384 g/mol. The van der Waals surface area contributed by atoms with Crippen molar-refractivity contribution in [3.05, 3.63) is 107 Å². The van der Waals surface area contributed by atoms with E-state index in [-0.39, 0.29) is 11.8 Å². The molecular formula is C27H26N2O2. The molecule has 1 heterocycles. The van der Waals surface area contributed by atoms with Gasteiger partial charge in [-0.25, -0.2) is 4.90 Å². The maximum atomic E-state index is 13.7. The van der Waals surface area contributed by atoms with E-state index in [4.69, 9.17) is 0 Å². The monoisotopic (exact) mass is 410 g/mol. The fourth-order valence-corrected chi connectivity index (χ4v) is 3.93. The van der Waals surface area contributed by atoms with Crippen LogP contribution in [0.5, 0.6) is 0 Å². The van der Waals surface area contributed by atoms with Crippen LogP contribution in [-0.4, -0.2) is 23.3 Å². The summed E-state index contributed by atoms with van der Waals surface area (Å²) in [6, 6.07) is 25.2. The molecule has 0 unspecified atom stereocenters. The first-order chi connectivity index (χ1) is 15.0. The van der Waals surface area contributed by atoms with E-state index in [1.165, 1.54) is 4.90 Å². The maximum Gasteiger partial charge on any atom is 0.282 e. The minimum atomic E-state index is -0.277. The third-order valence-corrected chi connectivity index (χ3v) is 5.78. The Morgan fingerprint density at radius 1 is 0.774 bits per heavy atom. The Hall–Kier alpha value is -3.66. The van der Waals surface area contributed by atoms with Gasteiger partial charge in [0.1, 0.15) is 5.70 Å². The molecule has 4 heteroatoms. The summed E-state index contributed by atoms with van der Waals surface area (Å²) in [5.74, 6) is -0.550. The normalized spacial score (nSPS) is 13.8. The molecule has 156 valence electrons. The second-order valence-corrected chi connectivity index (χ2v) is 7.80. The fourth-order valence-electron chi connectivity index (χ4n) is 3.93. The Labute approximate surface area is 183 Å². The molecule has 0 radical (unpaired) electrons. The second kappa shape index (κ2) is 8.60. The molecule has 1 aliphatic heterocycles. The summed E-state index contributed by atoms with van der Waals surface area (Å²) in [5.41, 5.74) is 5.55. The predicted octanol–water partition coefficient (Wildman–Crippen LogP) is 5.11. The van der Waals surface area contributed by atoms with E-state index in [1.807, 2.05) is 105 Å². The highest BCUT2D eigenvalue weighted by atomic mass is 16.2. The van der Waals surface area contributed by atoms with Crippen molar-refractivity contribution in [2.45, 2.75) is 27.3 Å². The van der Waals surface area contributed by atoms with Gasteiger partial charge in [0.05, 0.1) is 11.3 Å². The summed E-state index contributed by atoms with van der Waals surface area (Å²) in [6.07, 6.45) is 0. The number of carbonyl (C=O) groups is 2. The number of imide groups is 1. The highest BCUT2D eigenvalue weighted by molar-refractivity contribution is 6.45. The van der Waals surface area contributed by atoms with Gasteiger partial charge in [-0.3, -0.25) is 9.59 Å². The van der Waals surface area contributed by atoms with E-state index in [2.05, 4.69) is 0 Å². The number of likely N-dealkylation sites (N-methyl/N-ethyl adjacent to an activating group) is 1. The van der Waals surface area contributed by atoms with Gasteiger partial charge < -0.3 is 4.90 Å². The van der Waals surface area contributed by atoms with Crippen molar-refractivity contribution in [3.63, 3.8) is 0 Å². The molecule has 2 amide bonds. The smallest absolute Gasteiger partial charge is 0.282 e. The minimum absolute atomic E-state index is 0.273. The van der Waals surface area contributed by atoms with Gasteiger partial charge in [0.25, 0.3) is 11.8 Å². The Morgan fingerprint density at radius 2 is 1.42 bits per heavy atom. The number of anilines is 1. The lowest BCUT2D eigenvalue weighted by Gasteiger charge is -2.25. The van der Waals surface area contributed by atoms with Gasteiger partial charge in [-0.15, -0.1) is 0 Å². The van der Waals surface area contributed by atoms with E-state index in [9.17, 15) is 9.59 Å². The third-order valence-electron chi connectivity index (χ3n) is 5.78. The summed E-state index contributed by atoms with van der Waals surface area (Å²) < 4.78 is 0. The molecule has 4 rings (SSSR count). The number of benzene rings is 3. The number of hydrogen-bond donors (Lipinski definition) is 0. The Balaban J connectivity index is 1.82. The largest absolute Gasteiger partial charge is 0.362 e. The van der Waals surface area contributed by atoms with Crippen LogP contribution in [0.25, 0.3) is 5.57 Å². The topological polar surface area (TPSA) is 40.6 Å². The van der Waals surface area contributed by atoms with Crippen LogP contribution >= 0.6 is 0 Å². The molecule has 0 N–H and O–H groups in total. The quantitative estimate of drug-likeness (QED) is 0.530. The van der Waals surface area contributed by atoms with Gasteiger partial charge >= 0.3 is 0 Å². The van der Waals surface area contributed by atoms with E-state index < -0.39 is 0 Å². The van der Waals surface area contributed by atoms with E-state index in [0.29, 0.717) is 30.0 Å². The Morgan fingerprint density at radius 3 is 2.03 bits per heavy atom. The van der Waals surface area contributed by atoms with Crippen LogP contribution in [0.3, 0.4) is 0 Å². The van der Waals surface area contributed by atoms with E-state index in [0.717, 1.165) is 22.3 Å². The van der Waals surface area contributed by atoms with Crippen LogP contribution in [-0.2, 0) is 16.1 Å². The lowest BCUT2D eigenvalue weighted by Crippen LogP contribution is -2.35. The van der Waals surface area contributed by atoms with Crippen LogP contribution in [0.2, 0.25) is 0 Å². The zero-order valence-corrected chi connectivity index (χ0v) is 18.1. The number of amides is 2. The van der Waals surface area contributed by atoms with E-state index >= 15 is 0 Å². The molecule has 0 fully saturated rings. The van der Waals surface area contributed by atoms with Gasteiger partial charge in [0, 0.05) is 13.1 Å². The van der Waals surface area contributed by atoms with Crippen LogP contribution in [0.1, 0.15) is 29.2 Å². The summed E-state index contributed by atoms with van der Waals surface area (Å²) in [6.45, 7) is 7.19. The molecule has 1 aliphatic rings. The minimum Gasteiger partial charge on any atom is -0.362 e. The van der Waals surface area contributed by atoms with Crippen LogP contribution in [0, 0.1) is 13.8 Å². The molecule has 0 spiro atoms. The lowest BCUT2D eigenvalue weighted by atomic mass is 10.0. The van der Waals surface area contributed by atoms with Crippen LogP contribution in [0.15, 0.2) is 84.6 Å². The van der Waals surface area contributed by atoms with Crippen LogP contribution in [0.4, 0.5) is 5.69 Å². The summed E-state index contributed by atoms with van der Waals surface area (Å²) in [4.78, 5) is 30.6. The molecule has 0 bridgehead atoms. The highest BCUT2D eigenvalue weighted by Crippen LogP contribution is 2.35. The van der Waals surface area contributed by atoms with Crippen molar-refractivity contribution >= 4 is 23.1 Å². The van der Waals surface area contributed by atoms with E-state index in [1.54, 1.807) is 0 Å². The number of nitrogens with zero attached hydrogens (tertiary/aromatic N) is 2. The Bertz CT molecular complexity index is 1150. The lowest BCUT2D eigenvalue weighted by molar-refractivity contribution is -0.120. The van der Waals surface area contributed by atoms with Gasteiger partial charge in [-0.2, -0.15) is 0 Å². The van der Waals surface area contributed by atoms with Crippen LogP contribution < -0.4 is 4.90 Å². The summed E-state index contributed by atoms with van der Waals surface area (Å²) in [5, 5.41) is 0. The molecule has 0 aliphatic carbocycles. The summed E-state index contributed by atoms with van der Waals surface area (Å²) >= 11 is 0. The van der Waals surface area contributed by atoms with Gasteiger partial charge in [-0.1, -0.05) is 66.7 Å².